The molecule has 0 saturated heterocycles. The molecule has 0 spiro atoms. The maximum atomic E-state index is 12.5. The highest BCUT2D eigenvalue weighted by molar-refractivity contribution is 7.89. The normalized spacial score (nSPS) is 12.5. The van der Waals surface area contributed by atoms with E-state index < -0.39 is 10.0 Å². The van der Waals surface area contributed by atoms with Crippen molar-refractivity contribution >= 4 is 10.0 Å². The maximum absolute atomic E-state index is 12.5. The highest BCUT2D eigenvalue weighted by atomic mass is 32.2. The van der Waals surface area contributed by atoms with Crippen molar-refractivity contribution in [1.29, 1.82) is 0 Å². The summed E-state index contributed by atoms with van der Waals surface area (Å²) < 4.78 is 26.5. The van der Waals surface area contributed by atoms with E-state index in [0.717, 1.165) is 12.8 Å². The van der Waals surface area contributed by atoms with Crippen molar-refractivity contribution < 1.29 is 13.5 Å². The number of aliphatic hydroxyl groups is 1. The molecule has 0 aliphatic carbocycles. The van der Waals surface area contributed by atoms with E-state index in [2.05, 4.69) is 24.0 Å². The Hall–Kier alpha value is -0.920. The van der Waals surface area contributed by atoms with Gasteiger partial charge in [-0.1, -0.05) is 33.6 Å². The standard InChI is InChI=1S/C12H23N3O3S/c1-4-10(5-2)8-15(6-3)19(17,18)12-11(9-16)7-13-14-12/h7,10,16H,4-6,8-9H2,1-3H3,(H,13,14). The number of rotatable bonds is 8. The summed E-state index contributed by atoms with van der Waals surface area (Å²) in [6.45, 7) is 6.49. The summed E-state index contributed by atoms with van der Waals surface area (Å²) in [5.74, 6) is 0.343. The van der Waals surface area contributed by atoms with E-state index in [1.807, 2.05) is 6.92 Å². The van der Waals surface area contributed by atoms with Gasteiger partial charge in [-0.15, -0.1) is 0 Å². The first-order valence-electron chi connectivity index (χ1n) is 6.64. The molecular formula is C12H23N3O3S. The summed E-state index contributed by atoms with van der Waals surface area (Å²) in [5, 5.41) is 15.3. The fraction of sp³-hybridized carbons (Fsp3) is 0.750. The van der Waals surface area contributed by atoms with Gasteiger partial charge in [0.15, 0.2) is 5.03 Å². The fourth-order valence-corrected chi connectivity index (χ4v) is 3.62. The first kappa shape index (κ1) is 16.1. The van der Waals surface area contributed by atoms with Crippen LogP contribution in [0.25, 0.3) is 0 Å². The molecule has 0 atom stereocenters. The first-order chi connectivity index (χ1) is 9.01. The van der Waals surface area contributed by atoms with E-state index in [-0.39, 0.29) is 11.6 Å². The first-order valence-corrected chi connectivity index (χ1v) is 8.08. The van der Waals surface area contributed by atoms with Gasteiger partial charge < -0.3 is 5.11 Å². The number of nitrogens with zero attached hydrogens (tertiary/aromatic N) is 2. The van der Waals surface area contributed by atoms with Gasteiger partial charge in [-0.25, -0.2) is 8.42 Å². The zero-order valence-electron chi connectivity index (χ0n) is 11.8. The maximum Gasteiger partial charge on any atom is 0.260 e. The van der Waals surface area contributed by atoms with E-state index in [1.165, 1.54) is 10.5 Å². The average molecular weight is 289 g/mol. The highest BCUT2D eigenvalue weighted by Gasteiger charge is 2.28. The number of H-pyrrole nitrogens is 1. The van der Waals surface area contributed by atoms with Crippen LogP contribution in [0.4, 0.5) is 0 Å². The van der Waals surface area contributed by atoms with Gasteiger partial charge in [-0.05, 0) is 5.92 Å². The lowest BCUT2D eigenvalue weighted by Crippen LogP contribution is -2.35. The molecule has 0 bridgehead atoms. The Balaban J connectivity index is 3.02. The number of aliphatic hydroxyl groups excluding tert-OH is 1. The second-order valence-electron chi connectivity index (χ2n) is 4.52. The molecule has 0 amide bonds. The van der Waals surface area contributed by atoms with E-state index >= 15 is 0 Å². The van der Waals surface area contributed by atoms with Crippen LogP contribution in [0, 0.1) is 5.92 Å². The summed E-state index contributed by atoms with van der Waals surface area (Å²) in [5.41, 5.74) is 0.308. The second kappa shape index (κ2) is 7.02. The molecule has 0 saturated carbocycles. The fourth-order valence-electron chi connectivity index (χ4n) is 2.00. The Kier molecular flexibility index (Phi) is 5.96. The van der Waals surface area contributed by atoms with Crippen LogP contribution in [0.1, 0.15) is 39.2 Å². The molecule has 1 heterocycles. The molecule has 0 aliphatic rings. The van der Waals surface area contributed by atoms with Gasteiger partial charge in [0.1, 0.15) is 0 Å². The quantitative estimate of drug-likeness (QED) is 0.756. The molecule has 0 unspecified atom stereocenters. The Bertz CT molecular complexity index is 480. The van der Waals surface area contributed by atoms with E-state index in [9.17, 15) is 8.42 Å². The number of aromatic amines is 1. The highest BCUT2D eigenvalue weighted by Crippen LogP contribution is 2.20. The van der Waals surface area contributed by atoms with Crippen molar-refractivity contribution in [1.82, 2.24) is 14.5 Å². The summed E-state index contributed by atoms with van der Waals surface area (Å²) in [4.78, 5) is 0. The summed E-state index contributed by atoms with van der Waals surface area (Å²) in [6.07, 6.45) is 3.23. The van der Waals surface area contributed by atoms with E-state index in [1.54, 1.807) is 0 Å². The average Bonchev–Trinajstić information content (AvgIpc) is 2.89. The Labute approximate surface area is 114 Å². The van der Waals surface area contributed by atoms with E-state index in [4.69, 9.17) is 5.11 Å². The van der Waals surface area contributed by atoms with Crippen molar-refractivity contribution in [2.75, 3.05) is 13.1 Å². The lowest BCUT2D eigenvalue weighted by Gasteiger charge is -2.24. The summed E-state index contributed by atoms with van der Waals surface area (Å²) in [7, 11) is -3.61. The molecule has 0 aliphatic heterocycles. The molecule has 1 aromatic rings. The van der Waals surface area contributed by atoms with Crippen LogP contribution >= 0.6 is 0 Å². The SMILES string of the molecule is CCC(CC)CN(CC)S(=O)(=O)c1[nH]ncc1CO. The molecule has 1 aromatic heterocycles. The molecule has 6 nitrogen and oxygen atoms in total. The number of sulfonamides is 1. The van der Waals surface area contributed by atoms with Crippen LogP contribution in [0.3, 0.4) is 0 Å². The van der Waals surface area contributed by atoms with Crippen LogP contribution in [-0.4, -0.2) is 41.1 Å². The smallest absolute Gasteiger partial charge is 0.260 e. The molecule has 0 radical (unpaired) electrons. The third kappa shape index (κ3) is 3.55. The zero-order valence-corrected chi connectivity index (χ0v) is 12.6. The number of nitrogens with one attached hydrogen (secondary N) is 1. The van der Waals surface area contributed by atoms with Crippen LogP contribution in [0.5, 0.6) is 0 Å². The second-order valence-corrected chi connectivity index (χ2v) is 6.40. The van der Waals surface area contributed by atoms with Gasteiger partial charge in [0.2, 0.25) is 0 Å². The number of aromatic nitrogens is 2. The molecule has 7 heteroatoms. The van der Waals surface area contributed by atoms with Gasteiger partial charge >= 0.3 is 0 Å². The minimum absolute atomic E-state index is 0.00260. The Morgan fingerprint density at radius 1 is 1.37 bits per heavy atom. The van der Waals surface area contributed by atoms with Crippen molar-refractivity contribution in [3.63, 3.8) is 0 Å². The number of hydrogen-bond acceptors (Lipinski definition) is 4. The lowest BCUT2D eigenvalue weighted by molar-refractivity contribution is 0.277. The minimum Gasteiger partial charge on any atom is -0.392 e. The van der Waals surface area contributed by atoms with Crippen LogP contribution < -0.4 is 0 Å². The monoisotopic (exact) mass is 289 g/mol. The van der Waals surface area contributed by atoms with Gasteiger partial charge in [-0.3, -0.25) is 5.10 Å². The topological polar surface area (TPSA) is 86.3 Å². The van der Waals surface area contributed by atoms with Crippen molar-refractivity contribution in [2.24, 2.45) is 5.92 Å². The molecule has 0 aromatic carbocycles. The van der Waals surface area contributed by atoms with Crippen LogP contribution in [0.2, 0.25) is 0 Å². The van der Waals surface area contributed by atoms with Crippen molar-refractivity contribution in [3.8, 4) is 0 Å². The molecule has 19 heavy (non-hydrogen) atoms. The largest absolute Gasteiger partial charge is 0.392 e. The minimum atomic E-state index is -3.61. The van der Waals surface area contributed by atoms with Crippen molar-refractivity contribution in [2.45, 2.75) is 45.2 Å². The third-order valence-corrected chi connectivity index (χ3v) is 5.37. The van der Waals surface area contributed by atoms with Crippen LogP contribution in [0.15, 0.2) is 11.2 Å². The molecular weight excluding hydrogens is 266 g/mol. The molecule has 2 N–H and O–H groups in total. The van der Waals surface area contributed by atoms with Crippen molar-refractivity contribution in [3.05, 3.63) is 11.8 Å². The Morgan fingerprint density at radius 2 is 2.00 bits per heavy atom. The Morgan fingerprint density at radius 3 is 2.47 bits per heavy atom. The predicted molar refractivity (Wildman–Crippen MR) is 73.0 cm³/mol. The van der Waals surface area contributed by atoms with Gasteiger partial charge in [0.05, 0.1) is 12.8 Å². The van der Waals surface area contributed by atoms with E-state index in [0.29, 0.717) is 24.6 Å². The zero-order chi connectivity index (χ0) is 14.5. The molecule has 0 fully saturated rings. The molecule has 1 rings (SSSR count). The third-order valence-electron chi connectivity index (χ3n) is 3.42. The van der Waals surface area contributed by atoms with Gasteiger partial charge in [-0.2, -0.15) is 9.40 Å². The lowest BCUT2D eigenvalue weighted by atomic mass is 10.0. The number of hydrogen-bond donors (Lipinski definition) is 2. The predicted octanol–water partition coefficient (Wildman–Crippen LogP) is 1.35. The molecule has 110 valence electrons. The summed E-state index contributed by atoms with van der Waals surface area (Å²) >= 11 is 0. The van der Waals surface area contributed by atoms with Gasteiger partial charge in [0, 0.05) is 18.7 Å². The van der Waals surface area contributed by atoms with Gasteiger partial charge in [0.25, 0.3) is 10.0 Å². The van der Waals surface area contributed by atoms with Crippen LogP contribution in [-0.2, 0) is 16.6 Å². The summed E-state index contributed by atoms with van der Waals surface area (Å²) in [6, 6.07) is 0.